The molecule has 0 heterocycles. The third-order valence-electron chi connectivity index (χ3n) is 3.41. The number of hydrogen-bond acceptors (Lipinski definition) is 4. The molecule has 0 unspecified atom stereocenters. The van der Waals surface area contributed by atoms with Crippen LogP contribution in [0.4, 0.5) is 0 Å². The third-order valence-corrected chi connectivity index (χ3v) is 5.01. The van der Waals surface area contributed by atoms with Gasteiger partial charge in [-0.05, 0) is 43.5 Å². The molecule has 1 aliphatic carbocycles. The molecule has 0 atom stereocenters. The Morgan fingerprint density at radius 3 is 2.26 bits per heavy atom. The smallest absolute Gasteiger partial charge is 0.248 e. The minimum absolute atomic E-state index is 0.0530. The molecular formula is C12H16N2O4S. The summed E-state index contributed by atoms with van der Waals surface area (Å²) in [5.41, 5.74) is 4.60. The van der Waals surface area contributed by atoms with E-state index in [1.807, 2.05) is 0 Å². The van der Waals surface area contributed by atoms with Crippen LogP contribution in [0.3, 0.4) is 0 Å². The van der Waals surface area contributed by atoms with Crippen molar-refractivity contribution >= 4 is 15.9 Å². The molecule has 6 nitrogen and oxygen atoms in total. The van der Waals surface area contributed by atoms with Gasteiger partial charge in [-0.3, -0.25) is 4.79 Å². The minimum Gasteiger partial charge on any atom is -0.394 e. The van der Waals surface area contributed by atoms with Gasteiger partial charge in [0, 0.05) is 5.56 Å². The van der Waals surface area contributed by atoms with Gasteiger partial charge in [0.1, 0.15) is 0 Å². The quantitative estimate of drug-likeness (QED) is 0.705. The second-order valence-electron chi connectivity index (χ2n) is 4.79. The number of primary amides is 1. The van der Waals surface area contributed by atoms with Crippen molar-refractivity contribution in [2.24, 2.45) is 5.73 Å². The van der Waals surface area contributed by atoms with Crippen LogP contribution in [-0.2, 0) is 10.0 Å². The minimum atomic E-state index is -3.70. The van der Waals surface area contributed by atoms with Gasteiger partial charge in [0.2, 0.25) is 15.9 Å². The van der Waals surface area contributed by atoms with E-state index in [4.69, 9.17) is 5.73 Å². The molecule has 1 aromatic rings. The van der Waals surface area contributed by atoms with Gasteiger partial charge in [0.05, 0.1) is 17.0 Å². The van der Waals surface area contributed by atoms with Gasteiger partial charge >= 0.3 is 0 Å². The topological polar surface area (TPSA) is 109 Å². The first-order valence-corrected chi connectivity index (χ1v) is 7.42. The highest BCUT2D eigenvalue weighted by molar-refractivity contribution is 7.89. The molecule has 1 saturated carbocycles. The van der Waals surface area contributed by atoms with Gasteiger partial charge in [-0.1, -0.05) is 0 Å². The van der Waals surface area contributed by atoms with Crippen LogP contribution in [-0.4, -0.2) is 31.6 Å². The van der Waals surface area contributed by atoms with E-state index in [1.54, 1.807) is 0 Å². The van der Waals surface area contributed by atoms with Gasteiger partial charge in [-0.25, -0.2) is 13.1 Å². The molecule has 0 spiro atoms. The zero-order valence-corrected chi connectivity index (χ0v) is 11.1. The zero-order valence-electron chi connectivity index (χ0n) is 10.3. The molecule has 4 N–H and O–H groups in total. The predicted octanol–water partition coefficient (Wildman–Crippen LogP) is -0.0212. The van der Waals surface area contributed by atoms with Crippen molar-refractivity contribution < 1.29 is 18.3 Å². The highest BCUT2D eigenvalue weighted by Crippen LogP contribution is 2.32. The second-order valence-corrected chi connectivity index (χ2v) is 6.47. The molecule has 0 aromatic heterocycles. The molecule has 1 fully saturated rings. The lowest BCUT2D eigenvalue weighted by Gasteiger charge is -2.40. The summed E-state index contributed by atoms with van der Waals surface area (Å²) in [6.45, 7) is -0.217. The van der Waals surface area contributed by atoms with E-state index in [-0.39, 0.29) is 17.1 Å². The van der Waals surface area contributed by atoms with Gasteiger partial charge in [0.15, 0.2) is 0 Å². The zero-order chi connectivity index (χ0) is 14.1. The number of benzene rings is 1. The first-order valence-electron chi connectivity index (χ1n) is 5.93. The Morgan fingerprint density at radius 1 is 1.32 bits per heavy atom. The molecule has 0 radical (unpaired) electrons. The Bertz CT molecular complexity index is 571. The number of aliphatic hydroxyl groups is 1. The molecule has 1 aliphatic rings. The number of aliphatic hydroxyl groups excluding tert-OH is 1. The summed E-state index contributed by atoms with van der Waals surface area (Å²) in [6, 6.07) is 5.38. The van der Waals surface area contributed by atoms with Crippen molar-refractivity contribution in [1.29, 1.82) is 0 Å². The maximum atomic E-state index is 12.1. The maximum absolute atomic E-state index is 12.1. The molecule has 0 saturated heterocycles. The maximum Gasteiger partial charge on any atom is 0.248 e. The van der Waals surface area contributed by atoms with Crippen LogP contribution in [0.5, 0.6) is 0 Å². The fourth-order valence-electron chi connectivity index (χ4n) is 2.04. The first kappa shape index (κ1) is 14.0. The number of nitrogens with one attached hydrogen (secondary N) is 1. The van der Waals surface area contributed by atoms with Gasteiger partial charge < -0.3 is 10.8 Å². The molecule has 1 amide bonds. The monoisotopic (exact) mass is 284 g/mol. The Kier molecular flexibility index (Phi) is 3.62. The summed E-state index contributed by atoms with van der Waals surface area (Å²) in [5, 5.41) is 9.28. The number of rotatable bonds is 5. The van der Waals surface area contributed by atoms with E-state index in [0.717, 1.165) is 6.42 Å². The molecule has 7 heteroatoms. The van der Waals surface area contributed by atoms with Gasteiger partial charge in [-0.15, -0.1) is 0 Å². The van der Waals surface area contributed by atoms with Gasteiger partial charge in [0.25, 0.3) is 0 Å². The predicted molar refractivity (Wildman–Crippen MR) is 68.9 cm³/mol. The Hall–Kier alpha value is -1.44. The average Bonchev–Trinajstić information content (AvgIpc) is 2.34. The Labute approximate surface area is 111 Å². The Balaban J connectivity index is 2.22. The van der Waals surface area contributed by atoms with Crippen molar-refractivity contribution in [1.82, 2.24) is 4.72 Å². The number of nitrogens with two attached hydrogens (primary N) is 1. The molecule has 19 heavy (non-hydrogen) atoms. The van der Waals surface area contributed by atoms with Crippen LogP contribution in [0.15, 0.2) is 29.2 Å². The van der Waals surface area contributed by atoms with Crippen molar-refractivity contribution in [3.05, 3.63) is 29.8 Å². The number of sulfonamides is 1. The molecule has 2 rings (SSSR count). The number of hydrogen-bond donors (Lipinski definition) is 3. The number of carbonyl (C=O) groups excluding carboxylic acids is 1. The lowest BCUT2D eigenvalue weighted by atomic mass is 9.78. The lowest BCUT2D eigenvalue weighted by molar-refractivity contribution is 0.1000. The molecular weight excluding hydrogens is 268 g/mol. The normalized spacial score (nSPS) is 17.7. The summed E-state index contributed by atoms with van der Waals surface area (Å²) < 4.78 is 26.8. The van der Waals surface area contributed by atoms with Gasteiger partial charge in [-0.2, -0.15) is 0 Å². The summed E-state index contributed by atoms with van der Waals surface area (Å²) in [7, 11) is -3.70. The molecule has 1 aromatic carbocycles. The lowest BCUT2D eigenvalue weighted by Crippen LogP contribution is -2.55. The van der Waals surface area contributed by atoms with Crippen LogP contribution < -0.4 is 10.5 Å². The van der Waals surface area contributed by atoms with Crippen molar-refractivity contribution in [2.45, 2.75) is 29.7 Å². The summed E-state index contributed by atoms with van der Waals surface area (Å²) in [5.74, 6) is -0.609. The SMILES string of the molecule is NC(=O)c1ccc(S(=O)(=O)NC2(CO)CCC2)cc1. The summed E-state index contributed by atoms with van der Waals surface area (Å²) >= 11 is 0. The molecule has 0 aliphatic heterocycles. The van der Waals surface area contributed by atoms with Crippen molar-refractivity contribution in [3.63, 3.8) is 0 Å². The van der Waals surface area contributed by atoms with Crippen LogP contribution in [0.2, 0.25) is 0 Å². The second kappa shape index (κ2) is 4.92. The fraction of sp³-hybridized carbons (Fsp3) is 0.417. The van der Waals surface area contributed by atoms with E-state index in [9.17, 15) is 18.3 Å². The van der Waals surface area contributed by atoms with E-state index in [0.29, 0.717) is 12.8 Å². The van der Waals surface area contributed by atoms with Crippen LogP contribution in [0, 0.1) is 0 Å². The van der Waals surface area contributed by atoms with E-state index in [2.05, 4.69) is 4.72 Å². The average molecular weight is 284 g/mol. The standard InChI is InChI=1S/C12H16N2O4S/c13-11(16)9-2-4-10(5-3-9)19(17,18)14-12(8-15)6-1-7-12/h2-5,14-15H,1,6-8H2,(H2,13,16). The van der Waals surface area contributed by atoms with Crippen molar-refractivity contribution in [3.8, 4) is 0 Å². The van der Waals surface area contributed by atoms with Crippen LogP contribution in [0.1, 0.15) is 29.6 Å². The third kappa shape index (κ3) is 2.78. The van der Waals surface area contributed by atoms with E-state index < -0.39 is 21.5 Å². The highest BCUT2D eigenvalue weighted by Gasteiger charge is 2.40. The van der Waals surface area contributed by atoms with Crippen molar-refractivity contribution in [2.75, 3.05) is 6.61 Å². The first-order chi connectivity index (χ1) is 8.88. The molecule has 0 bridgehead atoms. The Morgan fingerprint density at radius 2 is 1.89 bits per heavy atom. The summed E-state index contributed by atoms with van der Waals surface area (Å²) in [4.78, 5) is 11.0. The highest BCUT2D eigenvalue weighted by atomic mass is 32.2. The number of amides is 1. The number of carbonyl (C=O) groups is 1. The fourth-order valence-corrected chi connectivity index (χ4v) is 3.49. The van der Waals surface area contributed by atoms with Crippen LogP contribution in [0.25, 0.3) is 0 Å². The largest absolute Gasteiger partial charge is 0.394 e. The molecule has 104 valence electrons. The van der Waals surface area contributed by atoms with Crippen LogP contribution >= 0.6 is 0 Å². The summed E-state index contributed by atoms with van der Waals surface area (Å²) in [6.07, 6.45) is 2.15. The van der Waals surface area contributed by atoms with E-state index in [1.165, 1.54) is 24.3 Å². The van der Waals surface area contributed by atoms with E-state index >= 15 is 0 Å².